The number of nitrogens with one attached hydrogen (secondary N) is 1. The predicted octanol–water partition coefficient (Wildman–Crippen LogP) is 2.44. The fourth-order valence-electron chi connectivity index (χ4n) is 2.30. The lowest BCUT2D eigenvalue weighted by Gasteiger charge is -2.12. The number of sulfone groups is 1. The van der Waals surface area contributed by atoms with Gasteiger partial charge in [0.1, 0.15) is 0 Å². The third-order valence-corrected chi connectivity index (χ3v) is 5.50. The molecule has 6 heteroatoms. The summed E-state index contributed by atoms with van der Waals surface area (Å²) in [5, 5.41) is 7.60. The smallest absolute Gasteiger partial charge is 0.180 e. The second kappa shape index (κ2) is 5.89. The highest BCUT2D eigenvalue weighted by atomic mass is 32.2. The first kappa shape index (κ1) is 15.6. The number of para-hydroxylation sites is 1. The molecule has 21 heavy (non-hydrogen) atoms. The second-order valence-corrected chi connectivity index (χ2v) is 7.27. The Morgan fingerprint density at radius 1 is 1.24 bits per heavy atom. The third kappa shape index (κ3) is 3.10. The molecule has 0 aliphatic heterocycles. The van der Waals surface area contributed by atoms with Gasteiger partial charge in [0.25, 0.3) is 0 Å². The maximum atomic E-state index is 12.1. The molecule has 1 N–H and O–H groups in total. The van der Waals surface area contributed by atoms with Crippen molar-refractivity contribution in [2.75, 3.05) is 11.1 Å². The molecular weight excluding hydrogens is 286 g/mol. The summed E-state index contributed by atoms with van der Waals surface area (Å²) in [6.07, 6.45) is 0. The summed E-state index contributed by atoms with van der Waals surface area (Å²) in [7, 11) is -1.33. The molecule has 0 saturated heterocycles. The monoisotopic (exact) mass is 307 g/mol. The average Bonchev–Trinajstić information content (AvgIpc) is 2.70. The predicted molar refractivity (Wildman–Crippen MR) is 84.2 cm³/mol. The van der Waals surface area contributed by atoms with Crippen molar-refractivity contribution < 1.29 is 8.42 Å². The van der Waals surface area contributed by atoms with Crippen LogP contribution in [0.15, 0.2) is 29.2 Å². The third-order valence-electron chi connectivity index (χ3n) is 3.72. The number of hydrogen-bond donors (Lipinski definition) is 1. The van der Waals surface area contributed by atoms with Gasteiger partial charge in [-0.2, -0.15) is 5.10 Å². The van der Waals surface area contributed by atoms with Gasteiger partial charge < -0.3 is 5.32 Å². The molecule has 114 valence electrons. The number of anilines is 1. The number of hydrogen-bond acceptors (Lipinski definition) is 4. The van der Waals surface area contributed by atoms with E-state index in [1.807, 2.05) is 31.6 Å². The Balaban J connectivity index is 2.29. The van der Waals surface area contributed by atoms with Gasteiger partial charge in [-0.15, -0.1) is 0 Å². The van der Waals surface area contributed by atoms with Gasteiger partial charge >= 0.3 is 0 Å². The van der Waals surface area contributed by atoms with Crippen LogP contribution in [0.25, 0.3) is 0 Å². The van der Waals surface area contributed by atoms with Crippen LogP contribution in [0.4, 0.5) is 5.69 Å². The van der Waals surface area contributed by atoms with Gasteiger partial charge in [0.05, 0.1) is 22.0 Å². The van der Waals surface area contributed by atoms with Gasteiger partial charge in [0.15, 0.2) is 9.84 Å². The summed E-state index contributed by atoms with van der Waals surface area (Å²) < 4.78 is 26.1. The summed E-state index contributed by atoms with van der Waals surface area (Å²) in [6, 6.07) is 7.02. The molecule has 1 heterocycles. The minimum Gasteiger partial charge on any atom is -0.380 e. The standard InChI is InChI=1S/C15H21N3O2S/c1-5-21(19,20)15-9-7-6-8-14(15)16-10-13-11(2)17-18(4)12(13)3/h6-9,16H,5,10H2,1-4H3. The SMILES string of the molecule is CCS(=O)(=O)c1ccccc1NCc1c(C)nn(C)c1C. The van der Waals surface area contributed by atoms with Crippen molar-refractivity contribution in [2.24, 2.45) is 7.05 Å². The van der Waals surface area contributed by atoms with Crippen molar-refractivity contribution in [2.45, 2.75) is 32.2 Å². The van der Waals surface area contributed by atoms with Crippen LogP contribution in [0.5, 0.6) is 0 Å². The molecule has 0 spiro atoms. The molecule has 1 aromatic carbocycles. The Morgan fingerprint density at radius 2 is 1.90 bits per heavy atom. The quantitative estimate of drug-likeness (QED) is 0.921. The molecule has 2 aromatic rings. The molecule has 0 aliphatic carbocycles. The Labute approximate surface area is 125 Å². The molecule has 0 saturated carbocycles. The normalized spacial score (nSPS) is 11.6. The Bertz CT molecular complexity index is 748. The van der Waals surface area contributed by atoms with Gasteiger partial charge in [-0.25, -0.2) is 8.42 Å². The lowest BCUT2D eigenvalue weighted by atomic mass is 10.2. The van der Waals surface area contributed by atoms with E-state index in [9.17, 15) is 8.42 Å². The number of nitrogens with zero attached hydrogens (tertiary/aromatic N) is 2. The fraction of sp³-hybridized carbons (Fsp3) is 0.400. The van der Waals surface area contributed by atoms with Crippen LogP contribution in [0.3, 0.4) is 0 Å². The summed E-state index contributed by atoms with van der Waals surface area (Å²) in [4.78, 5) is 0.353. The molecule has 0 amide bonds. The maximum Gasteiger partial charge on any atom is 0.180 e. The summed E-state index contributed by atoms with van der Waals surface area (Å²) in [5.41, 5.74) is 3.78. The van der Waals surface area contributed by atoms with Crippen molar-refractivity contribution in [3.05, 3.63) is 41.2 Å². The fourth-order valence-corrected chi connectivity index (χ4v) is 3.37. The zero-order chi connectivity index (χ0) is 15.6. The van der Waals surface area contributed by atoms with Crippen molar-refractivity contribution in [3.8, 4) is 0 Å². The van der Waals surface area contributed by atoms with Crippen LogP contribution in [0.2, 0.25) is 0 Å². The lowest BCUT2D eigenvalue weighted by molar-refractivity contribution is 0.597. The molecule has 0 atom stereocenters. The molecule has 0 fully saturated rings. The van der Waals surface area contributed by atoms with Gasteiger partial charge in [-0.05, 0) is 26.0 Å². The van der Waals surface area contributed by atoms with Crippen molar-refractivity contribution in [3.63, 3.8) is 0 Å². The van der Waals surface area contributed by atoms with E-state index in [1.54, 1.807) is 25.1 Å². The summed E-state index contributed by atoms with van der Waals surface area (Å²) in [6.45, 7) is 6.17. The average molecular weight is 307 g/mol. The highest BCUT2D eigenvalue weighted by Gasteiger charge is 2.16. The second-order valence-electron chi connectivity index (χ2n) is 5.03. The van der Waals surface area contributed by atoms with Crippen molar-refractivity contribution >= 4 is 15.5 Å². The van der Waals surface area contributed by atoms with E-state index in [1.165, 1.54) is 0 Å². The van der Waals surface area contributed by atoms with Crippen LogP contribution in [-0.4, -0.2) is 24.0 Å². The van der Waals surface area contributed by atoms with Gasteiger partial charge in [-0.1, -0.05) is 19.1 Å². The van der Waals surface area contributed by atoms with Crippen LogP contribution < -0.4 is 5.32 Å². The van der Waals surface area contributed by atoms with Gasteiger partial charge in [-0.3, -0.25) is 4.68 Å². The van der Waals surface area contributed by atoms with E-state index in [0.29, 0.717) is 17.1 Å². The van der Waals surface area contributed by atoms with Gasteiger partial charge in [0, 0.05) is 24.8 Å². The molecule has 0 unspecified atom stereocenters. The maximum absolute atomic E-state index is 12.1. The first-order valence-electron chi connectivity index (χ1n) is 6.91. The molecule has 1 aromatic heterocycles. The van der Waals surface area contributed by atoms with E-state index >= 15 is 0 Å². The minimum absolute atomic E-state index is 0.0939. The lowest BCUT2D eigenvalue weighted by Crippen LogP contribution is -2.09. The Morgan fingerprint density at radius 3 is 2.48 bits per heavy atom. The van der Waals surface area contributed by atoms with Crippen molar-refractivity contribution in [1.82, 2.24) is 9.78 Å². The summed E-state index contributed by atoms with van der Waals surface area (Å²) >= 11 is 0. The van der Waals surface area contributed by atoms with Crippen molar-refractivity contribution in [1.29, 1.82) is 0 Å². The van der Waals surface area contributed by atoms with E-state index in [2.05, 4.69) is 10.4 Å². The Hall–Kier alpha value is -1.82. The molecule has 5 nitrogen and oxygen atoms in total. The zero-order valence-corrected chi connectivity index (χ0v) is 13.7. The topological polar surface area (TPSA) is 64.0 Å². The zero-order valence-electron chi connectivity index (χ0n) is 12.8. The number of aromatic nitrogens is 2. The number of rotatable bonds is 5. The van der Waals surface area contributed by atoms with E-state index in [-0.39, 0.29) is 5.75 Å². The van der Waals surface area contributed by atoms with E-state index in [0.717, 1.165) is 17.0 Å². The number of benzene rings is 1. The largest absolute Gasteiger partial charge is 0.380 e. The Kier molecular flexibility index (Phi) is 4.37. The molecule has 2 rings (SSSR count). The van der Waals surface area contributed by atoms with Crippen LogP contribution in [0.1, 0.15) is 23.9 Å². The van der Waals surface area contributed by atoms with E-state index in [4.69, 9.17) is 0 Å². The number of aryl methyl sites for hydroxylation is 2. The van der Waals surface area contributed by atoms with Crippen LogP contribution in [-0.2, 0) is 23.4 Å². The first-order valence-corrected chi connectivity index (χ1v) is 8.56. The minimum atomic E-state index is -3.23. The molecular formula is C15H21N3O2S. The molecule has 0 radical (unpaired) electrons. The first-order chi connectivity index (χ1) is 9.86. The molecule has 0 bridgehead atoms. The highest BCUT2D eigenvalue weighted by Crippen LogP contribution is 2.23. The van der Waals surface area contributed by atoms with Gasteiger partial charge in [0.2, 0.25) is 0 Å². The molecule has 0 aliphatic rings. The highest BCUT2D eigenvalue weighted by molar-refractivity contribution is 7.91. The van der Waals surface area contributed by atoms with Crippen LogP contribution >= 0.6 is 0 Å². The summed E-state index contributed by atoms with van der Waals surface area (Å²) in [5.74, 6) is 0.0939. The van der Waals surface area contributed by atoms with Crippen LogP contribution in [0, 0.1) is 13.8 Å². The van der Waals surface area contributed by atoms with E-state index < -0.39 is 9.84 Å².